The van der Waals surface area contributed by atoms with E-state index in [-0.39, 0.29) is 5.91 Å². The number of nitrogens with one attached hydrogen (secondary N) is 1. The number of rotatable bonds is 3. The lowest BCUT2D eigenvalue weighted by Gasteiger charge is -2.41. The van der Waals surface area contributed by atoms with Crippen molar-refractivity contribution in [1.29, 1.82) is 0 Å². The van der Waals surface area contributed by atoms with Crippen LogP contribution in [0.15, 0.2) is 10.6 Å². The Morgan fingerprint density at radius 2 is 2.20 bits per heavy atom. The van der Waals surface area contributed by atoms with E-state index in [1.165, 1.54) is 32.1 Å². The summed E-state index contributed by atoms with van der Waals surface area (Å²) >= 11 is 0. The van der Waals surface area contributed by atoms with Gasteiger partial charge in [0.05, 0.1) is 6.54 Å². The summed E-state index contributed by atoms with van der Waals surface area (Å²) in [6.07, 6.45) is 6.74. The number of anilines is 1. The van der Waals surface area contributed by atoms with Crippen LogP contribution in [0.4, 0.5) is 5.82 Å². The van der Waals surface area contributed by atoms with Crippen LogP contribution in [0.3, 0.4) is 0 Å². The van der Waals surface area contributed by atoms with Gasteiger partial charge in [-0.1, -0.05) is 24.4 Å². The van der Waals surface area contributed by atoms with Crippen molar-refractivity contribution in [3.8, 4) is 0 Å². The van der Waals surface area contributed by atoms with E-state index < -0.39 is 0 Å². The third kappa shape index (κ3) is 3.20. The summed E-state index contributed by atoms with van der Waals surface area (Å²) in [4.78, 5) is 14.3. The molecule has 1 saturated heterocycles. The topological polar surface area (TPSA) is 58.4 Å². The van der Waals surface area contributed by atoms with Crippen LogP contribution < -0.4 is 5.32 Å². The number of nitrogens with zero attached hydrogens (tertiary/aromatic N) is 2. The number of aryl methyl sites for hydroxylation is 1. The molecule has 1 aromatic heterocycles. The number of likely N-dealkylation sites (tertiary alicyclic amines) is 1. The Morgan fingerprint density at radius 3 is 2.95 bits per heavy atom. The zero-order valence-corrected chi connectivity index (χ0v) is 12.1. The highest BCUT2D eigenvalue weighted by Gasteiger charge is 2.31. The van der Waals surface area contributed by atoms with Crippen LogP contribution in [-0.2, 0) is 4.79 Å². The molecule has 5 nitrogen and oxygen atoms in total. The van der Waals surface area contributed by atoms with E-state index in [2.05, 4.69) is 15.4 Å². The van der Waals surface area contributed by atoms with Gasteiger partial charge in [-0.3, -0.25) is 9.69 Å². The molecule has 0 spiro atoms. The number of carbonyl (C=O) groups is 1. The maximum absolute atomic E-state index is 12.0. The van der Waals surface area contributed by atoms with E-state index in [0.717, 1.165) is 24.9 Å². The fraction of sp³-hybridized carbons (Fsp3) is 0.733. The molecule has 1 amide bonds. The Labute approximate surface area is 119 Å². The first-order valence-electron chi connectivity index (χ1n) is 7.66. The van der Waals surface area contributed by atoms with Crippen molar-refractivity contribution in [3.63, 3.8) is 0 Å². The number of aromatic nitrogens is 1. The Morgan fingerprint density at radius 1 is 1.40 bits per heavy atom. The number of amides is 1. The van der Waals surface area contributed by atoms with Gasteiger partial charge in [0.15, 0.2) is 5.82 Å². The second kappa shape index (κ2) is 5.95. The Hall–Kier alpha value is -1.36. The minimum atomic E-state index is 0.00700. The predicted molar refractivity (Wildman–Crippen MR) is 76.4 cm³/mol. The molecule has 1 aliphatic carbocycles. The number of hydrogen-bond donors (Lipinski definition) is 1. The minimum Gasteiger partial charge on any atom is -0.360 e. The summed E-state index contributed by atoms with van der Waals surface area (Å²) < 4.78 is 4.95. The van der Waals surface area contributed by atoms with Crippen molar-refractivity contribution in [1.82, 2.24) is 10.1 Å². The fourth-order valence-corrected chi connectivity index (χ4v) is 3.63. The average Bonchev–Trinajstić information content (AvgIpc) is 2.83. The predicted octanol–water partition coefficient (Wildman–Crippen LogP) is 2.43. The van der Waals surface area contributed by atoms with Crippen LogP contribution in [-0.4, -0.2) is 35.6 Å². The second-order valence-electron chi connectivity index (χ2n) is 6.20. The summed E-state index contributed by atoms with van der Waals surface area (Å²) in [7, 11) is 0. The van der Waals surface area contributed by atoms with E-state index >= 15 is 0 Å². The highest BCUT2D eigenvalue weighted by molar-refractivity contribution is 5.91. The average molecular weight is 277 g/mol. The minimum absolute atomic E-state index is 0.00700. The van der Waals surface area contributed by atoms with E-state index in [9.17, 15) is 4.79 Å². The highest BCUT2D eigenvalue weighted by Crippen LogP contribution is 2.35. The fourth-order valence-electron chi connectivity index (χ4n) is 3.63. The molecule has 0 aromatic carbocycles. The van der Waals surface area contributed by atoms with Crippen molar-refractivity contribution < 1.29 is 9.32 Å². The van der Waals surface area contributed by atoms with E-state index in [0.29, 0.717) is 18.1 Å². The first kappa shape index (κ1) is 13.6. The van der Waals surface area contributed by atoms with Crippen molar-refractivity contribution in [2.75, 3.05) is 25.0 Å². The van der Waals surface area contributed by atoms with Crippen LogP contribution in [0.25, 0.3) is 0 Å². The van der Waals surface area contributed by atoms with E-state index in [1.54, 1.807) is 6.07 Å². The van der Waals surface area contributed by atoms with Gasteiger partial charge in [-0.15, -0.1) is 0 Å². The summed E-state index contributed by atoms with van der Waals surface area (Å²) in [5.74, 6) is 2.94. The summed E-state index contributed by atoms with van der Waals surface area (Å²) in [6, 6.07) is 1.74. The summed E-state index contributed by atoms with van der Waals surface area (Å²) in [6.45, 7) is 4.41. The molecule has 0 bridgehead atoms. The first-order valence-corrected chi connectivity index (χ1v) is 7.66. The van der Waals surface area contributed by atoms with Gasteiger partial charge < -0.3 is 9.84 Å². The molecule has 1 N–H and O–H groups in total. The summed E-state index contributed by atoms with van der Waals surface area (Å²) in [5.41, 5.74) is 0. The van der Waals surface area contributed by atoms with Crippen LogP contribution in [0, 0.1) is 18.8 Å². The van der Waals surface area contributed by atoms with Gasteiger partial charge in [0.25, 0.3) is 0 Å². The maximum Gasteiger partial charge on any atom is 0.239 e. The molecule has 2 atom stereocenters. The standard InChI is InChI=1S/C15H23N3O2/c1-11-8-14(17-20-11)16-15(19)10-18-7-6-12-4-2-3-5-13(12)9-18/h8,12-13H,2-7,9-10H2,1H3,(H,16,17,19)/t12-,13+/m0/s1. The lowest BCUT2D eigenvalue weighted by Crippen LogP contribution is -2.44. The third-order valence-electron chi connectivity index (χ3n) is 4.64. The molecule has 0 unspecified atom stereocenters. The van der Waals surface area contributed by atoms with Crippen molar-refractivity contribution in [3.05, 3.63) is 11.8 Å². The smallest absolute Gasteiger partial charge is 0.239 e. The molecule has 0 radical (unpaired) electrons. The monoisotopic (exact) mass is 277 g/mol. The Kier molecular flexibility index (Phi) is 4.05. The number of piperidine rings is 1. The Bertz CT molecular complexity index is 471. The van der Waals surface area contributed by atoms with E-state index in [1.807, 2.05) is 6.92 Å². The van der Waals surface area contributed by atoms with Gasteiger partial charge >= 0.3 is 0 Å². The zero-order chi connectivity index (χ0) is 13.9. The molecule has 20 heavy (non-hydrogen) atoms. The normalized spacial score (nSPS) is 27.1. The molecule has 1 saturated carbocycles. The van der Waals surface area contributed by atoms with E-state index in [4.69, 9.17) is 4.52 Å². The molecule has 2 heterocycles. The lowest BCUT2D eigenvalue weighted by atomic mass is 9.75. The van der Waals surface area contributed by atoms with Gasteiger partial charge in [0.2, 0.25) is 5.91 Å². The molecule has 1 aliphatic heterocycles. The van der Waals surface area contributed by atoms with Crippen LogP contribution >= 0.6 is 0 Å². The zero-order valence-electron chi connectivity index (χ0n) is 12.1. The van der Waals surface area contributed by atoms with Gasteiger partial charge in [0.1, 0.15) is 5.76 Å². The molecular weight excluding hydrogens is 254 g/mol. The van der Waals surface area contributed by atoms with Crippen molar-refractivity contribution in [2.45, 2.75) is 39.0 Å². The quantitative estimate of drug-likeness (QED) is 0.922. The lowest BCUT2D eigenvalue weighted by molar-refractivity contribution is -0.118. The molecule has 110 valence electrons. The maximum atomic E-state index is 12.0. The first-order chi connectivity index (χ1) is 9.70. The molecule has 3 rings (SSSR count). The van der Waals surface area contributed by atoms with Crippen LogP contribution in [0.5, 0.6) is 0 Å². The molecule has 1 aromatic rings. The number of carbonyl (C=O) groups excluding carboxylic acids is 1. The number of fused-ring (bicyclic) bond motifs is 1. The molecular formula is C15H23N3O2. The second-order valence-corrected chi connectivity index (χ2v) is 6.20. The highest BCUT2D eigenvalue weighted by atomic mass is 16.5. The van der Waals surface area contributed by atoms with Crippen LogP contribution in [0.2, 0.25) is 0 Å². The Balaban J connectivity index is 1.49. The summed E-state index contributed by atoms with van der Waals surface area (Å²) in [5, 5.41) is 6.59. The van der Waals surface area contributed by atoms with Gasteiger partial charge in [-0.2, -0.15) is 0 Å². The molecule has 2 fully saturated rings. The molecule has 2 aliphatic rings. The SMILES string of the molecule is Cc1cc(NC(=O)CN2CC[C@@H]3CCCC[C@@H]3C2)no1. The number of hydrogen-bond acceptors (Lipinski definition) is 4. The third-order valence-corrected chi connectivity index (χ3v) is 4.64. The van der Waals surface area contributed by atoms with Gasteiger partial charge in [0, 0.05) is 12.6 Å². The van der Waals surface area contributed by atoms with Crippen molar-refractivity contribution >= 4 is 11.7 Å². The van der Waals surface area contributed by atoms with Gasteiger partial charge in [-0.05, 0) is 38.1 Å². The largest absolute Gasteiger partial charge is 0.360 e. The molecule has 5 heteroatoms. The van der Waals surface area contributed by atoms with Crippen molar-refractivity contribution in [2.24, 2.45) is 11.8 Å². The van der Waals surface area contributed by atoms with Crippen LogP contribution in [0.1, 0.15) is 37.9 Å². The van der Waals surface area contributed by atoms with Gasteiger partial charge in [-0.25, -0.2) is 0 Å².